The molecule has 13 heteroatoms. The Kier molecular flexibility index (Phi) is 10.6. The molecule has 0 radical (unpaired) electrons. The van der Waals surface area contributed by atoms with Crippen LogP contribution in [0.1, 0.15) is 52.5 Å². The van der Waals surface area contributed by atoms with E-state index in [2.05, 4.69) is 104 Å². The van der Waals surface area contributed by atoms with Crippen LogP contribution < -0.4 is 26.9 Å². The first-order valence-electron chi connectivity index (χ1n) is 17.8. The molecule has 0 bridgehead atoms. The molecule has 0 spiro atoms. The Morgan fingerprint density at radius 1 is 0.961 bits per heavy atom. The molecule has 6 rings (SSSR count). The Labute approximate surface area is 300 Å². The second-order valence-corrected chi connectivity index (χ2v) is 25.6. The molecule has 1 saturated carbocycles. The van der Waals surface area contributed by atoms with Crippen molar-refractivity contribution < 1.29 is 13.6 Å². The Hall–Kier alpha value is -4.18. The summed E-state index contributed by atoms with van der Waals surface area (Å²) in [5.41, 5.74) is 0.223. The Morgan fingerprint density at radius 2 is 1.59 bits per heavy atom. The lowest BCUT2D eigenvalue weighted by Gasteiger charge is -2.46. The quantitative estimate of drug-likeness (QED) is 0.111. The summed E-state index contributed by atoms with van der Waals surface area (Å²) in [6.07, 6.45) is 5.55. The Bertz CT molecular complexity index is 2020. The predicted molar refractivity (Wildman–Crippen MR) is 206 cm³/mol. The molecule has 3 aromatic heterocycles. The highest BCUT2D eigenvalue weighted by molar-refractivity contribution is 6.99. The minimum absolute atomic E-state index is 0.00746. The first-order valence-corrected chi connectivity index (χ1v) is 23.4. The van der Waals surface area contributed by atoms with E-state index in [0.717, 1.165) is 31.1 Å². The van der Waals surface area contributed by atoms with Gasteiger partial charge in [-0.2, -0.15) is 4.98 Å². The maximum atomic E-state index is 14.2. The number of nitrogens with zero attached hydrogens (tertiary/aromatic N) is 4. The fourth-order valence-corrected chi connectivity index (χ4v) is 12.6. The van der Waals surface area contributed by atoms with Crippen molar-refractivity contribution in [1.29, 1.82) is 0 Å². The van der Waals surface area contributed by atoms with E-state index in [1.807, 2.05) is 12.1 Å². The number of ether oxygens (including phenoxy) is 1. The van der Waals surface area contributed by atoms with E-state index in [-0.39, 0.29) is 41.2 Å². The molecule has 2 N–H and O–H groups in total. The molecule has 10 nitrogen and oxygen atoms in total. The van der Waals surface area contributed by atoms with Gasteiger partial charge in [0.1, 0.15) is 23.8 Å². The average molecular weight is 729 g/mol. The number of H-pyrrole nitrogens is 1. The van der Waals surface area contributed by atoms with Crippen molar-refractivity contribution in [3.63, 3.8) is 0 Å². The van der Waals surface area contributed by atoms with Crippen LogP contribution in [0.2, 0.25) is 30.7 Å². The number of nitrogens with one attached hydrogen (secondary N) is 2. The molecule has 1 fully saturated rings. The second-order valence-electron chi connectivity index (χ2n) is 15.7. The molecule has 1 aliphatic rings. The van der Waals surface area contributed by atoms with Gasteiger partial charge < -0.3 is 19.5 Å². The molecule has 0 unspecified atom stereocenters. The van der Waals surface area contributed by atoms with E-state index in [0.29, 0.717) is 30.6 Å². The van der Waals surface area contributed by atoms with Crippen molar-refractivity contribution in [2.24, 2.45) is 0 Å². The monoisotopic (exact) mass is 728 g/mol. The van der Waals surface area contributed by atoms with Crippen LogP contribution in [-0.2, 0) is 15.9 Å². The normalized spacial score (nSPS) is 17.2. The van der Waals surface area contributed by atoms with Gasteiger partial charge in [-0.1, -0.05) is 101 Å². The third-order valence-corrected chi connectivity index (χ3v) is 16.6. The van der Waals surface area contributed by atoms with E-state index < -0.39 is 27.8 Å². The molecule has 3 heterocycles. The Morgan fingerprint density at radius 3 is 2.18 bits per heavy atom. The van der Waals surface area contributed by atoms with Gasteiger partial charge in [0.2, 0.25) is 5.95 Å². The molecule has 0 saturated heterocycles. The molecule has 0 atom stereocenters. The number of hydrogen-bond donors (Lipinski definition) is 2. The van der Waals surface area contributed by atoms with Gasteiger partial charge in [-0.25, -0.2) is 14.2 Å². The molecule has 0 aliphatic heterocycles. The van der Waals surface area contributed by atoms with Gasteiger partial charge >= 0.3 is 5.69 Å². The smallest absolute Gasteiger partial charge is 0.332 e. The zero-order valence-corrected chi connectivity index (χ0v) is 32.4. The van der Waals surface area contributed by atoms with Gasteiger partial charge in [0.15, 0.2) is 5.65 Å². The van der Waals surface area contributed by atoms with Crippen LogP contribution in [0.3, 0.4) is 0 Å². The average Bonchev–Trinajstić information content (AvgIpc) is 3.37. The standard InChI is InChI=1S/C38H49FN6O4Si2/c1-38(2,3)51(30-13-9-7-10-14-30,31-15-11-8-12-16-31)49-29-19-17-28(18-20-29)45-34-33(44(37(45)47)26-48-21-22-50(4,5)6)25-41-36(43-34)42-32-23-27(39)24-40-35(32)46/h7-16,23-25,28-29H,17-22,26H2,1-6H3,(H,40,46)(H,41,42,43). The number of aromatic amines is 1. The van der Waals surface area contributed by atoms with Gasteiger partial charge in [-0.3, -0.25) is 13.9 Å². The van der Waals surface area contributed by atoms with Crippen molar-refractivity contribution in [2.75, 3.05) is 11.9 Å². The van der Waals surface area contributed by atoms with Crippen LogP contribution in [0.25, 0.3) is 11.2 Å². The van der Waals surface area contributed by atoms with Crippen molar-refractivity contribution in [2.45, 2.75) is 96.1 Å². The molecule has 2 aromatic carbocycles. The highest BCUT2D eigenvalue weighted by atomic mass is 28.4. The van der Waals surface area contributed by atoms with Crippen molar-refractivity contribution in [3.05, 3.63) is 106 Å². The number of aromatic nitrogens is 5. The fraction of sp³-hybridized carbons (Fsp3) is 0.421. The number of rotatable bonds is 12. The number of fused-ring (bicyclic) bond motifs is 1. The van der Waals surface area contributed by atoms with Crippen molar-refractivity contribution in [3.8, 4) is 0 Å². The largest absolute Gasteiger partial charge is 0.404 e. The summed E-state index contributed by atoms with van der Waals surface area (Å²) in [7, 11) is -4.08. The fourth-order valence-electron chi connectivity index (χ4n) is 7.14. The minimum Gasteiger partial charge on any atom is -0.404 e. The maximum absolute atomic E-state index is 14.2. The molecule has 0 amide bonds. The number of halogens is 1. The number of benzene rings is 2. The summed E-state index contributed by atoms with van der Waals surface area (Å²) in [6, 6.07) is 23.2. The van der Waals surface area contributed by atoms with Crippen molar-refractivity contribution >= 4 is 49.6 Å². The molecule has 5 aromatic rings. The van der Waals surface area contributed by atoms with E-state index in [1.165, 1.54) is 10.4 Å². The lowest BCUT2D eigenvalue weighted by Crippen LogP contribution is -2.67. The first-order chi connectivity index (χ1) is 24.3. The van der Waals surface area contributed by atoms with Gasteiger partial charge in [0.25, 0.3) is 13.9 Å². The zero-order chi connectivity index (χ0) is 36.4. The number of anilines is 2. The first kappa shape index (κ1) is 36.6. The third-order valence-electron chi connectivity index (χ3n) is 9.81. The molecule has 1 aliphatic carbocycles. The number of pyridine rings is 1. The lowest BCUT2D eigenvalue weighted by molar-refractivity contribution is 0.0858. The number of hydrogen-bond acceptors (Lipinski definition) is 7. The highest BCUT2D eigenvalue weighted by Gasteiger charge is 2.51. The van der Waals surface area contributed by atoms with Crippen molar-refractivity contribution in [1.82, 2.24) is 24.1 Å². The van der Waals surface area contributed by atoms with E-state index >= 15 is 0 Å². The lowest BCUT2D eigenvalue weighted by atomic mass is 9.93. The summed E-state index contributed by atoms with van der Waals surface area (Å²) < 4.78 is 30.8. The molecule has 270 valence electrons. The van der Waals surface area contributed by atoms with Gasteiger partial charge in [0.05, 0.1) is 6.20 Å². The molecular weight excluding hydrogens is 680 g/mol. The SMILES string of the molecule is CC(C)(C)[Si](OC1CCC(n2c(=O)n(COCC[Si](C)(C)C)c3cnc(Nc4cc(F)c[nH]c4=O)nc32)CC1)(c1ccccc1)c1ccccc1. The summed E-state index contributed by atoms with van der Waals surface area (Å²) in [4.78, 5) is 38.1. The van der Waals surface area contributed by atoms with Gasteiger partial charge in [-0.15, -0.1) is 0 Å². The van der Waals surface area contributed by atoms with Crippen LogP contribution in [-0.4, -0.2) is 53.2 Å². The Balaban J connectivity index is 1.31. The highest BCUT2D eigenvalue weighted by Crippen LogP contribution is 2.40. The molecule has 51 heavy (non-hydrogen) atoms. The van der Waals surface area contributed by atoms with Crippen LogP contribution >= 0.6 is 0 Å². The van der Waals surface area contributed by atoms with E-state index in [4.69, 9.17) is 14.1 Å². The van der Waals surface area contributed by atoms with Crippen LogP contribution in [0.5, 0.6) is 0 Å². The van der Waals surface area contributed by atoms with E-state index in [1.54, 1.807) is 15.3 Å². The minimum atomic E-state index is -2.74. The van der Waals surface area contributed by atoms with Gasteiger partial charge in [0, 0.05) is 39.1 Å². The predicted octanol–water partition coefficient (Wildman–Crippen LogP) is 6.54. The van der Waals surface area contributed by atoms with Crippen LogP contribution in [0.15, 0.2) is 88.7 Å². The number of imidazole rings is 1. The third kappa shape index (κ3) is 7.86. The van der Waals surface area contributed by atoms with E-state index in [9.17, 15) is 14.0 Å². The zero-order valence-electron chi connectivity index (χ0n) is 30.4. The van der Waals surface area contributed by atoms with Crippen LogP contribution in [0.4, 0.5) is 16.0 Å². The summed E-state index contributed by atoms with van der Waals surface area (Å²) in [5.74, 6) is -0.512. The van der Waals surface area contributed by atoms with Crippen LogP contribution in [0, 0.1) is 5.82 Å². The summed E-state index contributed by atoms with van der Waals surface area (Å²) in [6.45, 7) is 14.4. The maximum Gasteiger partial charge on any atom is 0.332 e. The summed E-state index contributed by atoms with van der Waals surface area (Å²) in [5, 5.41) is 5.18. The summed E-state index contributed by atoms with van der Waals surface area (Å²) >= 11 is 0. The van der Waals surface area contributed by atoms with Gasteiger partial charge in [-0.05, 0) is 47.1 Å². The second kappa shape index (κ2) is 14.8. The molecular formula is C38H49FN6O4Si2. The topological polar surface area (TPSA) is 116 Å².